The summed E-state index contributed by atoms with van der Waals surface area (Å²) in [5, 5.41) is 0. The number of carbonyl (C=O) groups is 2. The van der Waals surface area contributed by atoms with Crippen LogP contribution >= 0.6 is 0 Å². The molecule has 0 spiro atoms. The summed E-state index contributed by atoms with van der Waals surface area (Å²) >= 11 is 0. The molecular formula is C12H22N2O2. The fraction of sp³-hybridized carbons (Fsp3) is 0.833. The molecule has 0 bridgehead atoms. The van der Waals surface area contributed by atoms with Gasteiger partial charge in [0.2, 0.25) is 5.91 Å². The molecule has 16 heavy (non-hydrogen) atoms. The second-order valence-electron chi connectivity index (χ2n) is 4.79. The van der Waals surface area contributed by atoms with Crippen LogP contribution in [0.2, 0.25) is 0 Å². The number of urea groups is 1. The second kappa shape index (κ2) is 4.85. The third kappa shape index (κ3) is 2.36. The first-order valence-electron chi connectivity index (χ1n) is 6.06. The minimum Gasteiger partial charge on any atom is -0.315 e. The molecular weight excluding hydrogens is 204 g/mol. The second-order valence-corrected chi connectivity index (χ2v) is 4.79. The highest BCUT2D eigenvalue weighted by atomic mass is 16.2. The lowest BCUT2D eigenvalue weighted by atomic mass is 9.84. The van der Waals surface area contributed by atoms with E-state index in [9.17, 15) is 9.59 Å². The summed E-state index contributed by atoms with van der Waals surface area (Å²) in [6.45, 7) is 9.64. The van der Waals surface area contributed by atoms with Crippen LogP contribution in [0.5, 0.6) is 0 Å². The Bertz CT molecular complexity index is 285. The fourth-order valence-electron chi connectivity index (χ4n) is 1.85. The van der Waals surface area contributed by atoms with E-state index in [1.165, 1.54) is 4.90 Å². The summed E-state index contributed by atoms with van der Waals surface area (Å²) in [7, 11) is 0. The number of imide groups is 1. The molecule has 0 N–H and O–H groups in total. The third-order valence-corrected chi connectivity index (χ3v) is 3.76. The van der Waals surface area contributed by atoms with Gasteiger partial charge >= 0.3 is 6.03 Å². The van der Waals surface area contributed by atoms with E-state index >= 15 is 0 Å². The molecule has 1 saturated heterocycles. The van der Waals surface area contributed by atoms with Gasteiger partial charge in [-0.3, -0.25) is 9.69 Å². The van der Waals surface area contributed by atoms with Gasteiger partial charge in [-0.1, -0.05) is 20.8 Å². The summed E-state index contributed by atoms with van der Waals surface area (Å²) < 4.78 is 0. The fourth-order valence-corrected chi connectivity index (χ4v) is 1.85. The third-order valence-electron chi connectivity index (χ3n) is 3.76. The molecule has 0 aromatic carbocycles. The van der Waals surface area contributed by atoms with Crippen LogP contribution < -0.4 is 0 Å². The number of likely N-dealkylation sites (N-methyl/N-ethyl adjacent to an activating group) is 1. The van der Waals surface area contributed by atoms with Crippen LogP contribution in [-0.4, -0.2) is 41.4 Å². The summed E-state index contributed by atoms with van der Waals surface area (Å²) in [6.07, 6.45) is 1.96. The molecule has 0 radical (unpaired) electrons. The van der Waals surface area contributed by atoms with E-state index in [2.05, 4.69) is 20.8 Å². The van der Waals surface area contributed by atoms with Crippen LogP contribution in [0.3, 0.4) is 0 Å². The molecule has 1 heterocycles. The predicted octanol–water partition coefficient (Wildman–Crippen LogP) is 2.10. The Morgan fingerprint density at radius 2 is 1.75 bits per heavy atom. The molecule has 1 aliphatic rings. The van der Waals surface area contributed by atoms with Gasteiger partial charge in [-0.15, -0.1) is 0 Å². The van der Waals surface area contributed by atoms with Crippen LogP contribution in [0.15, 0.2) is 0 Å². The van der Waals surface area contributed by atoms with Gasteiger partial charge in [0, 0.05) is 13.1 Å². The first-order valence-corrected chi connectivity index (χ1v) is 6.06. The molecule has 0 aromatic rings. The highest BCUT2D eigenvalue weighted by Crippen LogP contribution is 2.28. The zero-order chi connectivity index (χ0) is 12.3. The van der Waals surface area contributed by atoms with Crippen molar-refractivity contribution in [2.45, 2.75) is 40.5 Å². The highest BCUT2D eigenvalue weighted by Gasteiger charge is 2.38. The minimum atomic E-state index is -0.124. The number of amides is 3. The topological polar surface area (TPSA) is 40.6 Å². The number of carbonyl (C=O) groups excluding carboxylic acids is 2. The summed E-state index contributed by atoms with van der Waals surface area (Å²) in [6, 6.07) is -0.124. The van der Waals surface area contributed by atoms with Gasteiger partial charge in [0.25, 0.3) is 0 Å². The standard InChI is InChI=1S/C12H22N2O2/c1-5-12(4,6-2)9-14-10(15)8-13(7-3)11(14)16/h5-9H2,1-4H3. The molecule has 92 valence electrons. The minimum absolute atomic E-state index is 0.0507. The largest absolute Gasteiger partial charge is 0.327 e. The Labute approximate surface area is 97.6 Å². The zero-order valence-electron chi connectivity index (χ0n) is 10.7. The van der Waals surface area contributed by atoms with Crippen LogP contribution in [0.4, 0.5) is 4.79 Å². The first-order chi connectivity index (χ1) is 7.47. The van der Waals surface area contributed by atoms with Crippen molar-refractivity contribution in [1.82, 2.24) is 9.80 Å². The first kappa shape index (κ1) is 13.0. The van der Waals surface area contributed by atoms with E-state index in [-0.39, 0.29) is 23.9 Å². The van der Waals surface area contributed by atoms with E-state index in [1.807, 2.05) is 6.92 Å². The van der Waals surface area contributed by atoms with E-state index in [0.29, 0.717) is 13.1 Å². The van der Waals surface area contributed by atoms with E-state index in [4.69, 9.17) is 0 Å². The molecule has 3 amide bonds. The van der Waals surface area contributed by atoms with Gasteiger partial charge in [-0.25, -0.2) is 4.79 Å². The maximum Gasteiger partial charge on any atom is 0.327 e. The van der Waals surface area contributed by atoms with E-state index in [0.717, 1.165) is 12.8 Å². The molecule has 1 fully saturated rings. The Kier molecular flexibility index (Phi) is 3.94. The van der Waals surface area contributed by atoms with Crippen molar-refractivity contribution in [2.75, 3.05) is 19.6 Å². The molecule has 0 aromatic heterocycles. The van der Waals surface area contributed by atoms with Crippen LogP contribution in [0, 0.1) is 5.41 Å². The van der Waals surface area contributed by atoms with Gasteiger partial charge in [-0.2, -0.15) is 0 Å². The zero-order valence-corrected chi connectivity index (χ0v) is 10.7. The van der Waals surface area contributed by atoms with Gasteiger partial charge in [0.15, 0.2) is 0 Å². The van der Waals surface area contributed by atoms with Crippen molar-refractivity contribution < 1.29 is 9.59 Å². The van der Waals surface area contributed by atoms with Crippen molar-refractivity contribution in [2.24, 2.45) is 5.41 Å². The monoisotopic (exact) mass is 226 g/mol. The maximum absolute atomic E-state index is 11.9. The summed E-state index contributed by atoms with van der Waals surface area (Å²) in [5.74, 6) is -0.0556. The van der Waals surface area contributed by atoms with Crippen LogP contribution in [0.25, 0.3) is 0 Å². The Hall–Kier alpha value is -1.06. The molecule has 0 saturated carbocycles. The van der Waals surface area contributed by atoms with Crippen molar-refractivity contribution in [1.29, 1.82) is 0 Å². The van der Waals surface area contributed by atoms with Gasteiger partial charge in [0.05, 0.1) is 0 Å². The quantitative estimate of drug-likeness (QED) is 0.673. The lowest BCUT2D eigenvalue weighted by Crippen LogP contribution is -2.40. The molecule has 4 nitrogen and oxygen atoms in total. The maximum atomic E-state index is 11.9. The molecule has 1 aliphatic heterocycles. The molecule has 4 heteroatoms. The SMILES string of the molecule is CCN1CC(=O)N(CC(C)(CC)CC)C1=O. The lowest BCUT2D eigenvalue weighted by Gasteiger charge is -2.30. The Morgan fingerprint density at radius 3 is 2.12 bits per heavy atom. The average Bonchev–Trinajstić information content (AvgIpc) is 2.56. The van der Waals surface area contributed by atoms with Gasteiger partial charge in [0.1, 0.15) is 6.54 Å². The number of hydrogen-bond donors (Lipinski definition) is 0. The van der Waals surface area contributed by atoms with Gasteiger partial charge < -0.3 is 4.90 Å². The molecule has 0 unspecified atom stereocenters. The smallest absolute Gasteiger partial charge is 0.315 e. The predicted molar refractivity (Wildman–Crippen MR) is 63.0 cm³/mol. The van der Waals surface area contributed by atoms with Crippen LogP contribution in [0.1, 0.15) is 40.5 Å². The highest BCUT2D eigenvalue weighted by molar-refractivity contribution is 6.02. The normalized spacial score (nSPS) is 17.5. The number of hydrogen-bond acceptors (Lipinski definition) is 2. The average molecular weight is 226 g/mol. The molecule has 0 atom stereocenters. The molecule has 1 rings (SSSR count). The van der Waals surface area contributed by atoms with Crippen molar-refractivity contribution in [3.63, 3.8) is 0 Å². The summed E-state index contributed by atoms with van der Waals surface area (Å²) in [4.78, 5) is 26.6. The Balaban J connectivity index is 2.74. The Morgan fingerprint density at radius 1 is 1.19 bits per heavy atom. The van der Waals surface area contributed by atoms with Crippen molar-refractivity contribution >= 4 is 11.9 Å². The number of nitrogens with zero attached hydrogens (tertiary/aromatic N) is 2. The van der Waals surface area contributed by atoms with Crippen molar-refractivity contribution in [3.8, 4) is 0 Å². The molecule has 0 aliphatic carbocycles. The van der Waals surface area contributed by atoms with E-state index in [1.54, 1.807) is 4.90 Å². The van der Waals surface area contributed by atoms with Crippen LogP contribution in [-0.2, 0) is 4.79 Å². The number of rotatable bonds is 5. The lowest BCUT2D eigenvalue weighted by molar-refractivity contribution is -0.126. The van der Waals surface area contributed by atoms with E-state index < -0.39 is 0 Å². The van der Waals surface area contributed by atoms with Gasteiger partial charge in [-0.05, 0) is 25.2 Å². The van der Waals surface area contributed by atoms with Crippen molar-refractivity contribution in [3.05, 3.63) is 0 Å². The summed E-state index contributed by atoms with van der Waals surface area (Å²) in [5.41, 5.74) is 0.0507.